The van der Waals surface area contributed by atoms with Gasteiger partial charge < -0.3 is 0 Å². The maximum Gasteiger partial charge on any atom is 0.233 e. The Morgan fingerprint density at radius 2 is 1.71 bits per heavy atom. The summed E-state index contributed by atoms with van der Waals surface area (Å²) in [5.41, 5.74) is 3.05. The van der Waals surface area contributed by atoms with Crippen LogP contribution in [0, 0.1) is 18.8 Å². The molecule has 0 radical (unpaired) electrons. The van der Waals surface area contributed by atoms with Crippen LogP contribution < -0.4 is 0 Å². The van der Waals surface area contributed by atoms with Crippen LogP contribution in [-0.2, 0) is 16.1 Å². The van der Waals surface area contributed by atoms with E-state index in [4.69, 9.17) is 0 Å². The van der Waals surface area contributed by atoms with Crippen LogP contribution in [0.25, 0.3) is 10.6 Å². The molecule has 1 aromatic carbocycles. The third-order valence-corrected chi connectivity index (χ3v) is 5.71. The fourth-order valence-electron chi connectivity index (χ4n) is 3.40. The van der Waals surface area contributed by atoms with Crippen LogP contribution in [0.2, 0.25) is 0 Å². The van der Waals surface area contributed by atoms with Crippen molar-refractivity contribution in [3.63, 3.8) is 0 Å². The van der Waals surface area contributed by atoms with Crippen molar-refractivity contribution in [1.82, 2.24) is 9.88 Å². The molecule has 0 unspecified atom stereocenters. The number of hydrogen-bond donors (Lipinski definition) is 0. The molecule has 1 aromatic heterocycles. The summed E-state index contributed by atoms with van der Waals surface area (Å²) < 4.78 is 0. The average molecular weight is 338 g/mol. The van der Waals surface area contributed by atoms with Crippen LogP contribution >= 0.6 is 11.3 Å². The minimum Gasteiger partial charge on any atom is -0.276 e. The first-order valence-corrected chi connectivity index (χ1v) is 9.03. The fourth-order valence-corrected chi connectivity index (χ4v) is 4.21. The van der Waals surface area contributed by atoms with E-state index in [2.05, 4.69) is 24.0 Å². The molecule has 1 fully saturated rings. The molecule has 1 saturated heterocycles. The summed E-state index contributed by atoms with van der Waals surface area (Å²) in [6, 6.07) is 8.21. The van der Waals surface area contributed by atoms with Crippen LogP contribution in [0.4, 0.5) is 0 Å². The molecule has 24 heavy (non-hydrogen) atoms. The zero-order chi connectivity index (χ0) is 16.7. The number of likely N-dealkylation sites (tertiary alicyclic amines) is 1. The SMILES string of the molecule is Cc1ccc(-c2nc(CN3C(=O)[C@H]4CC=CC[C@H]4C3=O)cs2)cc1. The molecule has 1 aliphatic carbocycles. The van der Waals surface area contributed by atoms with Crippen molar-refractivity contribution in [1.29, 1.82) is 0 Å². The molecule has 4 rings (SSSR count). The lowest BCUT2D eigenvalue weighted by molar-refractivity contribution is -0.140. The first-order chi connectivity index (χ1) is 11.6. The van der Waals surface area contributed by atoms with E-state index in [0.29, 0.717) is 12.8 Å². The Hall–Kier alpha value is -2.27. The van der Waals surface area contributed by atoms with Crippen molar-refractivity contribution in [2.45, 2.75) is 26.3 Å². The molecule has 122 valence electrons. The van der Waals surface area contributed by atoms with Crippen molar-refractivity contribution < 1.29 is 9.59 Å². The lowest BCUT2D eigenvalue weighted by Gasteiger charge is -2.14. The van der Waals surface area contributed by atoms with E-state index in [1.165, 1.54) is 10.5 Å². The van der Waals surface area contributed by atoms with E-state index in [1.54, 1.807) is 11.3 Å². The van der Waals surface area contributed by atoms with Gasteiger partial charge in [-0.25, -0.2) is 4.98 Å². The second-order valence-electron chi connectivity index (χ2n) is 6.43. The molecule has 0 spiro atoms. The number of allylic oxidation sites excluding steroid dienone is 2. The normalized spacial score (nSPS) is 23.0. The highest BCUT2D eigenvalue weighted by Crippen LogP contribution is 2.36. The summed E-state index contributed by atoms with van der Waals surface area (Å²) in [4.78, 5) is 31.0. The third-order valence-electron chi connectivity index (χ3n) is 4.77. The van der Waals surface area contributed by atoms with Gasteiger partial charge in [0.25, 0.3) is 0 Å². The van der Waals surface area contributed by atoms with E-state index in [1.807, 2.05) is 29.7 Å². The minimum absolute atomic E-state index is 0.0424. The number of carbonyl (C=O) groups excluding carboxylic acids is 2. The zero-order valence-corrected chi connectivity index (χ0v) is 14.3. The predicted octanol–water partition coefficient (Wildman–Crippen LogP) is 3.57. The quantitative estimate of drug-likeness (QED) is 0.635. The highest BCUT2D eigenvalue weighted by molar-refractivity contribution is 7.13. The Bertz CT molecular complexity index is 796. The molecular weight excluding hydrogens is 320 g/mol. The number of nitrogens with zero attached hydrogens (tertiary/aromatic N) is 2. The highest BCUT2D eigenvalue weighted by atomic mass is 32.1. The second-order valence-corrected chi connectivity index (χ2v) is 7.29. The molecule has 2 atom stereocenters. The summed E-state index contributed by atoms with van der Waals surface area (Å²) in [5, 5.41) is 2.86. The zero-order valence-electron chi connectivity index (χ0n) is 13.4. The molecule has 0 saturated carbocycles. The van der Waals surface area contributed by atoms with E-state index < -0.39 is 0 Å². The molecule has 2 amide bonds. The van der Waals surface area contributed by atoms with E-state index in [-0.39, 0.29) is 30.2 Å². The maximum atomic E-state index is 12.5. The smallest absolute Gasteiger partial charge is 0.233 e. The number of amides is 2. The number of carbonyl (C=O) groups is 2. The van der Waals surface area contributed by atoms with Crippen molar-refractivity contribution in [3.05, 3.63) is 53.1 Å². The fraction of sp³-hybridized carbons (Fsp3) is 0.316. The van der Waals surface area contributed by atoms with Crippen LogP contribution in [0.3, 0.4) is 0 Å². The van der Waals surface area contributed by atoms with Gasteiger partial charge in [-0.2, -0.15) is 0 Å². The maximum absolute atomic E-state index is 12.5. The summed E-state index contributed by atoms with van der Waals surface area (Å²) in [6.07, 6.45) is 5.37. The number of fused-ring (bicyclic) bond motifs is 1. The number of benzene rings is 1. The van der Waals surface area contributed by atoms with Crippen LogP contribution in [0.15, 0.2) is 41.8 Å². The summed E-state index contributed by atoms with van der Waals surface area (Å²) in [5.74, 6) is -0.422. The van der Waals surface area contributed by atoms with E-state index in [9.17, 15) is 9.59 Å². The molecule has 5 heteroatoms. The summed E-state index contributed by atoms with van der Waals surface area (Å²) in [7, 11) is 0. The van der Waals surface area contributed by atoms with Gasteiger partial charge in [-0.15, -0.1) is 11.3 Å². The number of aromatic nitrogens is 1. The van der Waals surface area contributed by atoms with Gasteiger partial charge >= 0.3 is 0 Å². The summed E-state index contributed by atoms with van der Waals surface area (Å²) >= 11 is 1.55. The first kappa shape index (κ1) is 15.3. The first-order valence-electron chi connectivity index (χ1n) is 8.15. The standard InChI is InChI=1S/C19H18N2O2S/c1-12-6-8-13(9-7-12)17-20-14(11-24-17)10-21-18(22)15-4-2-3-5-16(15)19(21)23/h2-3,6-9,11,15-16H,4-5,10H2,1H3/t15-,16+. The van der Waals surface area contributed by atoms with Gasteiger partial charge in [0.1, 0.15) is 5.01 Å². The Labute approximate surface area is 144 Å². The minimum atomic E-state index is -0.169. The monoisotopic (exact) mass is 338 g/mol. The van der Waals surface area contributed by atoms with Gasteiger partial charge in [-0.1, -0.05) is 42.0 Å². The highest BCUT2D eigenvalue weighted by Gasteiger charge is 2.47. The predicted molar refractivity (Wildman–Crippen MR) is 93.2 cm³/mol. The lowest BCUT2D eigenvalue weighted by atomic mass is 9.85. The second kappa shape index (κ2) is 5.98. The number of rotatable bonds is 3. The molecule has 2 heterocycles. The molecule has 0 bridgehead atoms. The largest absolute Gasteiger partial charge is 0.276 e. The molecule has 4 nitrogen and oxygen atoms in total. The number of imide groups is 1. The third kappa shape index (κ3) is 2.59. The molecular formula is C19H18N2O2S. The van der Waals surface area contributed by atoms with Crippen molar-refractivity contribution >= 4 is 23.2 Å². The summed E-state index contributed by atoms with van der Waals surface area (Å²) in [6.45, 7) is 2.34. The molecule has 0 N–H and O–H groups in total. The van der Waals surface area contributed by atoms with E-state index >= 15 is 0 Å². The topological polar surface area (TPSA) is 50.3 Å². The van der Waals surface area contributed by atoms with Gasteiger partial charge in [-0.05, 0) is 19.8 Å². The van der Waals surface area contributed by atoms with Crippen molar-refractivity contribution in [3.8, 4) is 10.6 Å². The Kier molecular flexibility index (Phi) is 3.81. The number of hydrogen-bond acceptors (Lipinski definition) is 4. The average Bonchev–Trinajstić information content (AvgIpc) is 3.16. The van der Waals surface area contributed by atoms with Gasteiger partial charge in [0, 0.05) is 10.9 Å². The molecule has 2 aromatic rings. The van der Waals surface area contributed by atoms with Crippen molar-refractivity contribution in [2.24, 2.45) is 11.8 Å². The van der Waals surface area contributed by atoms with Gasteiger partial charge in [0.2, 0.25) is 11.8 Å². The molecule has 1 aliphatic heterocycles. The van der Waals surface area contributed by atoms with Gasteiger partial charge in [-0.3, -0.25) is 14.5 Å². The van der Waals surface area contributed by atoms with Crippen molar-refractivity contribution in [2.75, 3.05) is 0 Å². The van der Waals surface area contributed by atoms with E-state index in [0.717, 1.165) is 16.3 Å². The lowest BCUT2D eigenvalue weighted by Crippen LogP contribution is -2.30. The van der Waals surface area contributed by atoms with Crippen LogP contribution in [-0.4, -0.2) is 21.7 Å². The van der Waals surface area contributed by atoms with Crippen LogP contribution in [0.5, 0.6) is 0 Å². The Morgan fingerprint density at radius 1 is 1.08 bits per heavy atom. The van der Waals surface area contributed by atoms with Gasteiger partial charge in [0.05, 0.1) is 24.1 Å². The Morgan fingerprint density at radius 3 is 2.33 bits per heavy atom. The number of thiazole rings is 1. The number of aryl methyl sites for hydroxylation is 1. The Balaban J connectivity index is 1.53. The van der Waals surface area contributed by atoms with Crippen LogP contribution in [0.1, 0.15) is 24.1 Å². The molecule has 2 aliphatic rings. The van der Waals surface area contributed by atoms with Gasteiger partial charge in [0.15, 0.2) is 0 Å².